The summed E-state index contributed by atoms with van der Waals surface area (Å²) in [5.74, 6) is -2.37. The molecule has 0 amide bonds. The third-order valence-electron chi connectivity index (χ3n) is 2.84. The molecule has 0 aliphatic carbocycles. The van der Waals surface area contributed by atoms with Crippen molar-refractivity contribution in [2.24, 2.45) is 0 Å². The summed E-state index contributed by atoms with van der Waals surface area (Å²) in [7, 11) is 0. The van der Waals surface area contributed by atoms with E-state index in [1.807, 2.05) is 0 Å². The summed E-state index contributed by atoms with van der Waals surface area (Å²) in [6.45, 7) is 2.20. The van der Waals surface area contributed by atoms with Gasteiger partial charge in [0.05, 0.1) is 19.8 Å². The van der Waals surface area contributed by atoms with E-state index in [4.69, 9.17) is 9.47 Å². The molecule has 1 fully saturated rings. The Morgan fingerprint density at radius 1 is 1.41 bits per heavy atom. The average Bonchev–Trinajstić information content (AvgIpc) is 2.22. The van der Waals surface area contributed by atoms with Crippen LogP contribution >= 0.6 is 0 Å². The van der Waals surface area contributed by atoms with Crippen LogP contribution in [0.3, 0.4) is 0 Å². The first-order valence-electron chi connectivity index (χ1n) is 5.30. The molecule has 0 radical (unpaired) electrons. The summed E-state index contributed by atoms with van der Waals surface area (Å²) in [5.41, 5.74) is -0.592. The van der Waals surface area contributed by atoms with Crippen molar-refractivity contribution in [3.8, 4) is 0 Å². The van der Waals surface area contributed by atoms with Gasteiger partial charge in [-0.25, -0.2) is 8.78 Å². The fourth-order valence-electron chi connectivity index (χ4n) is 1.77. The molecule has 1 aliphatic rings. The Morgan fingerprint density at radius 2 is 2.12 bits per heavy atom. The van der Waals surface area contributed by atoms with Crippen LogP contribution in [0.25, 0.3) is 0 Å². The summed E-state index contributed by atoms with van der Waals surface area (Å²) < 4.78 is 35.9. The molecule has 0 spiro atoms. The monoisotopic (exact) mass is 242 g/mol. The van der Waals surface area contributed by atoms with Gasteiger partial charge in [0.2, 0.25) is 0 Å². The van der Waals surface area contributed by atoms with Gasteiger partial charge in [-0.3, -0.25) is 4.79 Å². The van der Waals surface area contributed by atoms with Gasteiger partial charge in [0.15, 0.2) is 11.6 Å². The first-order chi connectivity index (χ1) is 8.10. The molecule has 0 atom stereocenters. The van der Waals surface area contributed by atoms with Gasteiger partial charge in [0.1, 0.15) is 5.41 Å². The normalized spacial score (nSPS) is 17.4. The average molecular weight is 242 g/mol. The highest BCUT2D eigenvalue weighted by molar-refractivity contribution is 5.84. The maximum atomic E-state index is 13.2. The van der Waals surface area contributed by atoms with Crippen molar-refractivity contribution in [2.45, 2.75) is 12.3 Å². The molecule has 3 nitrogen and oxygen atoms in total. The van der Waals surface area contributed by atoms with Gasteiger partial charge in [-0.2, -0.15) is 0 Å². The lowest BCUT2D eigenvalue weighted by atomic mass is 9.78. The first-order valence-corrected chi connectivity index (χ1v) is 5.30. The number of rotatable bonds is 3. The second-order valence-electron chi connectivity index (χ2n) is 3.92. The highest BCUT2D eigenvalue weighted by Gasteiger charge is 2.49. The lowest BCUT2D eigenvalue weighted by Gasteiger charge is -2.39. The van der Waals surface area contributed by atoms with Crippen LogP contribution < -0.4 is 0 Å². The molecule has 1 heterocycles. The maximum absolute atomic E-state index is 13.2. The van der Waals surface area contributed by atoms with Crippen molar-refractivity contribution in [1.82, 2.24) is 0 Å². The number of carbonyl (C=O) groups excluding carboxylic acids is 1. The molecule has 0 saturated carbocycles. The molecule has 2 rings (SSSR count). The van der Waals surface area contributed by atoms with Crippen LogP contribution in [0.5, 0.6) is 0 Å². The standard InChI is InChI=1S/C12H12F2O3/c1-2-17-11(15)12(6-16-7-12)8-3-4-9(13)10(14)5-8/h3-5H,2,6-7H2,1H3. The van der Waals surface area contributed by atoms with Gasteiger partial charge in [-0.15, -0.1) is 0 Å². The molecule has 0 aromatic heterocycles. The molecule has 0 bridgehead atoms. The van der Waals surface area contributed by atoms with Crippen molar-refractivity contribution in [2.75, 3.05) is 19.8 Å². The van der Waals surface area contributed by atoms with Gasteiger partial charge in [0, 0.05) is 0 Å². The van der Waals surface area contributed by atoms with Crippen LogP contribution in [0.1, 0.15) is 12.5 Å². The Bertz CT molecular complexity index is 441. The van der Waals surface area contributed by atoms with E-state index in [1.54, 1.807) is 6.92 Å². The van der Waals surface area contributed by atoms with E-state index < -0.39 is 23.0 Å². The van der Waals surface area contributed by atoms with E-state index in [-0.39, 0.29) is 19.8 Å². The molecule has 17 heavy (non-hydrogen) atoms. The number of esters is 1. The smallest absolute Gasteiger partial charge is 0.321 e. The number of halogens is 2. The lowest BCUT2D eigenvalue weighted by Crippen LogP contribution is -2.54. The zero-order valence-corrected chi connectivity index (χ0v) is 9.33. The Labute approximate surface area is 97.3 Å². The van der Waals surface area contributed by atoms with Gasteiger partial charge in [-0.1, -0.05) is 6.07 Å². The van der Waals surface area contributed by atoms with Crippen molar-refractivity contribution in [1.29, 1.82) is 0 Å². The van der Waals surface area contributed by atoms with Crippen LogP contribution in [0.2, 0.25) is 0 Å². The zero-order valence-electron chi connectivity index (χ0n) is 9.33. The van der Waals surface area contributed by atoms with Gasteiger partial charge >= 0.3 is 5.97 Å². The quantitative estimate of drug-likeness (QED) is 0.758. The SMILES string of the molecule is CCOC(=O)C1(c2ccc(F)c(F)c2)COC1. The van der Waals surface area contributed by atoms with E-state index >= 15 is 0 Å². The lowest BCUT2D eigenvalue weighted by molar-refractivity contribution is -0.169. The van der Waals surface area contributed by atoms with E-state index in [9.17, 15) is 13.6 Å². The van der Waals surface area contributed by atoms with Crippen LogP contribution in [0.4, 0.5) is 8.78 Å². The molecular weight excluding hydrogens is 230 g/mol. The van der Waals surface area contributed by atoms with E-state index in [0.29, 0.717) is 5.56 Å². The highest BCUT2D eigenvalue weighted by atomic mass is 19.2. The molecule has 0 unspecified atom stereocenters. The van der Waals surface area contributed by atoms with E-state index in [2.05, 4.69) is 0 Å². The minimum Gasteiger partial charge on any atom is -0.465 e. The molecule has 0 N–H and O–H groups in total. The van der Waals surface area contributed by atoms with Gasteiger partial charge in [0.25, 0.3) is 0 Å². The molecular formula is C12H12F2O3. The van der Waals surface area contributed by atoms with Crippen molar-refractivity contribution < 1.29 is 23.0 Å². The Balaban J connectivity index is 2.34. The predicted octanol–water partition coefficient (Wildman–Crippen LogP) is 1.80. The van der Waals surface area contributed by atoms with E-state index in [1.165, 1.54) is 6.07 Å². The fourth-order valence-corrected chi connectivity index (χ4v) is 1.77. The summed E-state index contributed by atoms with van der Waals surface area (Å²) in [6, 6.07) is 3.41. The molecule has 5 heteroatoms. The summed E-state index contributed by atoms with van der Waals surface area (Å²) >= 11 is 0. The highest BCUT2D eigenvalue weighted by Crippen LogP contribution is 2.34. The predicted molar refractivity (Wildman–Crippen MR) is 55.5 cm³/mol. The Hall–Kier alpha value is -1.49. The molecule has 1 aromatic rings. The van der Waals surface area contributed by atoms with E-state index in [0.717, 1.165) is 12.1 Å². The van der Waals surface area contributed by atoms with Crippen molar-refractivity contribution >= 4 is 5.97 Å². The van der Waals surface area contributed by atoms with Gasteiger partial charge < -0.3 is 9.47 Å². The molecule has 92 valence electrons. The second kappa shape index (κ2) is 4.41. The number of hydrogen-bond donors (Lipinski definition) is 0. The summed E-state index contributed by atoms with van der Waals surface area (Å²) in [6.07, 6.45) is 0. The fraction of sp³-hybridized carbons (Fsp3) is 0.417. The molecule has 1 saturated heterocycles. The second-order valence-corrected chi connectivity index (χ2v) is 3.92. The van der Waals surface area contributed by atoms with Crippen molar-refractivity contribution in [3.05, 3.63) is 35.4 Å². The number of hydrogen-bond acceptors (Lipinski definition) is 3. The molecule has 1 aliphatic heterocycles. The number of carbonyl (C=O) groups is 1. The van der Waals surface area contributed by atoms with Gasteiger partial charge in [-0.05, 0) is 24.6 Å². The van der Waals surface area contributed by atoms with Crippen LogP contribution in [0.15, 0.2) is 18.2 Å². The summed E-state index contributed by atoms with van der Waals surface area (Å²) in [4.78, 5) is 11.8. The third-order valence-corrected chi connectivity index (χ3v) is 2.84. The van der Waals surface area contributed by atoms with Crippen LogP contribution in [0, 0.1) is 11.6 Å². The summed E-state index contributed by atoms with van der Waals surface area (Å²) in [5, 5.41) is 0. The van der Waals surface area contributed by atoms with Crippen molar-refractivity contribution in [3.63, 3.8) is 0 Å². The number of benzene rings is 1. The topological polar surface area (TPSA) is 35.5 Å². The largest absolute Gasteiger partial charge is 0.465 e. The Morgan fingerprint density at radius 3 is 2.59 bits per heavy atom. The minimum absolute atomic E-state index is 0.136. The first kappa shape index (κ1) is 12.0. The number of ether oxygens (including phenoxy) is 2. The Kier molecular flexibility index (Phi) is 3.11. The zero-order chi connectivity index (χ0) is 12.5. The minimum atomic E-state index is -0.982. The maximum Gasteiger partial charge on any atom is 0.321 e. The van der Waals surface area contributed by atoms with Crippen LogP contribution in [-0.4, -0.2) is 25.8 Å². The third kappa shape index (κ3) is 1.91. The molecule has 1 aromatic carbocycles. The van der Waals surface area contributed by atoms with Crippen LogP contribution in [-0.2, 0) is 19.7 Å².